The van der Waals surface area contributed by atoms with Crippen LogP contribution in [0.15, 0.2) is 24.0 Å². The third-order valence-electron chi connectivity index (χ3n) is 2.29. The van der Waals surface area contributed by atoms with Gasteiger partial charge in [0.25, 0.3) is 5.91 Å². The van der Waals surface area contributed by atoms with Gasteiger partial charge < -0.3 is 10.7 Å². The van der Waals surface area contributed by atoms with Gasteiger partial charge in [0.05, 0.1) is 21.4 Å². The highest BCUT2D eigenvalue weighted by atomic mass is 32.1. The van der Waals surface area contributed by atoms with Gasteiger partial charge in [-0.1, -0.05) is 0 Å². The second kappa shape index (κ2) is 3.63. The first-order valence-electron chi connectivity index (χ1n) is 4.79. The van der Waals surface area contributed by atoms with E-state index < -0.39 is 5.91 Å². The zero-order valence-electron chi connectivity index (χ0n) is 8.54. The standard InChI is InChI=1S/C10H7N5OS/c11-9(16)8-7-5(1-2-13-7)14-10(15-8)6-3-12-4-17-6/h1-4,13H,(H2,11,16). The molecule has 0 aliphatic heterocycles. The molecule has 0 atom stereocenters. The minimum absolute atomic E-state index is 0.198. The molecule has 17 heavy (non-hydrogen) atoms. The highest BCUT2D eigenvalue weighted by molar-refractivity contribution is 7.13. The van der Waals surface area contributed by atoms with Gasteiger partial charge in [0, 0.05) is 12.4 Å². The zero-order chi connectivity index (χ0) is 11.8. The fraction of sp³-hybridized carbons (Fsp3) is 0. The maximum atomic E-state index is 11.3. The van der Waals surface area contributed by atoms with Gasteiger partial charge in [-0.2, -0.15) is 0 Å². The topological polar surface area (TPSA) is 97.6 Å². The molecule has 0 saturated carbocycles. The number of rotatable bonds is 2. The van der Waals surface area contributed by atoms with Gasteiger partial charge in [0.1, 0.15) is 0 Å². The van der Waals surface area contributed by atoms with Gasteiger partial charge in [0.2, 0.25) is 0 Å². The summed E-state index contributed by atoms with van der Waals surface area (Å²) in [4.78, 5) is 27.5. The van der Waals surface area contributed by atoms with Crippen molar-refractivity contribution in [2.75, 3.05) is 0 Å². The molecular formula is C10H7N5OS. The van der Waals surface area contributed by atoms with E-state index in [1.165, 1.54) is 11.3 Å². The first kappa shape index (κ1) is 9.91. The molecule has 0 aromatic carbocycles. The molecule has 3 N–H and O–H groups in total. The maximum absolute atomic E-state index is 11.3. The summed E-state index contributed by atoms with van der Waals surface area (Å²) < 4.78 is 0. The SMILES string of the molecule is NC(=O)c1nc(-c2cncs2)nc2cc[nH]c12. The van der Waals surface area contributed by atoms with Crippen LogP contribution in [0.2, 0.25) is 0 Å². The highest BCUT2D eigenvalue weighted by Crippen LogP contribution is 2.23. The summed E-state index contributed by atoms with van der Waals surface area (Å²) in [7, 11) is 0. The summed E-state index contributed by atoms with van der Waals surface area (Å²) >= 11 is 1.41. The number of nitrogens with zero attached hydrogens (tertiary/aromatic N) is 3. The van der Waals surface area contributed by atoms with Gasteiger partial charge >= 0.3 is 0 Å². The Labute approximate surface area is 99.5 Å². The second-order valence-electron chi connectivity index (χ2n) is 3.36. The smallest absolute Gasteiger partial charge is 0.269 e. The number of carbonyl (C=O) groups is 1. The van der Waals surface area contributed by atoms with Gasteiger partial charge in [0.15, 0.2) is 11.5 Å². The Morgan fingerprint density at radius 2 is 2.29 bits per heavy atom. The number of nitrogens with two attached hydrogens (primary N) is 1. The summed E-state index contributed by atoms with van der Waals surface area (Å²) in [6.07, 6.45) is 3.35. The molecule has 0 bridgehead atoms. The lowest BCUT2D eigenvalue weighted by Gasteiger charge is -2.00. The molecule has 0 aliphatic carbocycles. The Kier molecular flexibility index (Phi) is 2.12. The number of carbonyl (C=O) groups excluding carboxylic acids is 1. The van der Waals surface area contributed by atoms with E-state index in [4.69, 9.17) is 5.73 Å². The van der Waals surface area contributed by atoms with Crippen molar-refractivity contribution >= 4 is 28.3 Å². The van der Waals surface area contributed by atoms with Crippen molar-refractivity contribution in [2.24, 2.45) is 5.73 Å². The molecule has 1 amide bonds. The first-order valence-corrected chi connectivity index (χ1v) is 5.67. The van der Waals surface area contributed by atoms with Crippen LogP contribution >= 0.6 is 11.3 Å². The van der Waals surface area contributed by atoms with Crippen LogP contribution in [0.3, 0.4) is 0 Å². The quantitative estimate of drug-likeness (QED) is 0.708. The highest BCUT2D eigenvalue weighted by Gasteiger charge is 2.14. The number of hydrogen-bond acceptors (Lipinski definition) is 5. The van der Waals surface area contributed by atoms with Crippen molar-refractivity contribution < 1.29 is 4.79 Å². The first-order chi connectivity index (χ1) is 8.25. The molecule has 0 aliphatic rings. The third kappa shape index (κ3) is 1.56. The van der Waals surface area contributed by atoms with Gasteiger partial charge in [-0.05, 0) is 6.07 Å². The van der Waals surface area contributed by atoms with E-state index >= 15 is 0 Å². The second-order valence-corrected chi connectivity index (χ2v) is 4.25. The molecule has 7 heteroatoms. The zero-order valence-corrected chi connectivity index (χ0v) is 9.36. The Hall–Kier alpha value is -2.28. The minimum Gasteiger partial charge on any atom is -0.364 e. The number of H-pyrrole nitrogens is 1. The van der Waals surface area contributed by atoms with Gasteiger partial charge in [-0.15, -0.1) is 11.3 Å². The number of primary amides is 1. The summed E-state index contributed by atoms with van der Waals surface area (Å²) in [5.41, 5.74) is 8.41. The lowest BCUT2D eigenvalue weighted by Crippen LogP contribution is -2.14. The molecule has 3 aromatic rings. The Morgan fingerprint density at radius 3 is 3.00 bits per heavy atom. The fourth-order valence-electron chi connectivity index (χ4n) is 1.56. The van der Waals surface area contributed by atoms with E-state index in [2.05, 4.69) is 19.9 Å². The lowest BCUT2D eigenvalue weighted by molar-refractivity contribution is 0.0997. The number of aromatic amines is 1. The Morgan fingerprint density at radius 1 is 1.41 bits per heavy atom. The van der Waals surface area contributed by atoms with E-state index in [0.717, 1.165) is 4.88 Å². The van der Waals surface area contributed by atoms with Crippen LogP contribution in [0.5, 0.6) is 0 Å². The molecule has 3 rings (SSSR count). The van der Waals surface area contributed by atoms with Crippen LogP contribution < -0.4 is 5.73 Å². The molecule has 0 radical (unpaired) electrons. The summed E-state index contributed by atoms with van der Waals surface area (Å²) in [6.45, 7) is 0. The minimum atomic E-state index is -0.578. The molecule has 3 aromatic heterocycles. The van der Waals surface area contributed by atoms with Crippen molar-refractivity contribution in [3.63, 3.8) is 0 Å². The molecule has 3 heterocycles. The van der Waals surface area contributed by atoms with Crippen LogP contribution in [0.1, 0.15) is 10.5 Å². The van der Waals surface area contributed by atoms with Crippen molar-refractivity contribution in [1.82, 2.24) is 19.9 Å². The van der Waals surface area contributed by atoms with Crippen LogP contribution in [-0.4, -0.2) is 25.8 Å². The van der Waals surface area contributed by atoms with E-state index in [1.54, 1.807) is 24.0 Å². The summed E-state index contributed by atoms with van der Waals surface area (Å²) in [5.74, 6) is -0.112. The lowest BCUT2D eigenvalue weighted by atomic mass is 10.3. The number of hydrogen-bond donors (Lipinski definition) is 2. The Bertz CT molecular complexity index is 688. The van der Waals surface area contributed by atoms with Crippen molar-refractivity contribution in [2.45, 2.75) is 0 Å². The Balaban J connectivity index is 2.31. The van der Waals surface area contributed by atoms with Crippen molar-refractivity contribution in [3.05, 3.63) is 29.7 Å². The molecule has 0 saturated heterocycles. The predicted octanol–water partition coefficient (Wildman–Crippen LogP) is 1.18. The number of nitrogens with one attached hydrogen (secondary N) is 1. The van der Waals surface area contributed by atoms with Crippen molar-refractivity contribution in [1.29, 1.82) is 0 Å². The molecule has 0 spiro atoms. The van der Waals surface area contributed by atoms with E-state index in [1.807, 2.05) is 0 Å². The molecule has 6 nitrogen and oxygen atoms in total. The summed E-state index contributed by atoms with van der Waals surface area (Å²) in [5, 5.41) is 0. The van der Waals surface area contributed by atoms with Crippen LogP contribution in [0.25, 0.3) is 21.7 Å². The van der Waals surface area contributed by atoms with Crippen LogP contribution in [-0.2, 0) is 0 Å². The van der Waals surface area contributed by atoms with E-state index in [-0.39, 0.29) is 5.69 Å². The summed E-state index contributed by atoms with van der Waals surface area (Å²) in [6, 6.07) is 1.77. The van der Waals surface area contributed by atoms with Gasteiger partial charge in [-0.25, -0.2) is 9.97 Å². The average molecular weight is 245 g/mol. The van der Waals surface area contributed by atoms with Gasteiger partial charge in [-0.3, -0.25) is 9.78 Å². The van der Waals surface area contributed by atoms with Crippen molar-refractivity contribution in [3.8, 4) is 10.7 Å². The predicted molar refractivity (Wildman–Crippen MR) is 63.5 cm³/mol. The maximum Gasteiger partial charge on any atom is 0.269 e. The average Bonchev–Trinajstić information content (AvgIpc) is 2.98. The fourth-order valence-corrected chi connectivity index (χ4v) is 2.11. The molecule has 0 unspecified atom stereocenters. The van der Waals surface area contributed by atoms with E-state index in [9.17, 15) is 4.79 Å². The monoisotopic (exact) mass is 245 g/mol. The molecule has 0 fully saturated rings. The van der Waals surface area contributed by atoms with Crippen LogP contribution in [0, 0.1) is 0 Å². The largest absolute Gasteiger partial charge is 0.364 e. The van der Waals surface area contributed by atoms with E-state index in [0.29, 0.717) is 16.9 Å². The molecule has 84 valence electrons. The third-order valence-corrected chi connectivity index (χ3v) is 3.06. The number of amides is 1. The normalized spacial score (nSPS) is 10.8. The number of fused-ring (bicyclic) bond motifs is 1. The van der Waals surface area contributed by atoms with Crippen LogP contribution in [0.4, 0.5) is 0 Å². The number of thiazole rings is 1. The number of aromatic nitrogens is 4. The molecular weight excluding hydrogens is 238 g/mol.